The first-order valence-electron chi connectivity index (χ1n) is 6.56. The molecule has 1 aromatic carbocycles. The molecule has 4 nitrogen and oxygen atoms in total. The van der Waals surface area contributed by atoms with Gasteiger partial charge in [0.15, 0.2) is 5.78 Å². The Morgan fingerprint density at radius 3 is 2.52 bits per heavy atom. The number of carbonyl (C=O) groups is 1. The molecule has 102 valence electrons. The third-order valence-corrected chi connectivity index (χ3v) is 3.05. The van der Waals surface area contributed by atoms with Gasteiger partial charge in [0.25, 0.3) is 0 Å². The summed E-state index contributed by atoms with van der Waals surface area (Å²) in [4.78, 5) is 20.2. The number of hydrogen-bond donors (Lipinski definition) is 0. The number of pyridine rings is 1. The normalized spacial score (nSPS) is 10.9. The fraction of sp³-hybridized carbons (Fsp3) is 0. The molecular weight excluding hydrogens is 262 g/mol. The van der Waals surface area contributed by atoms with E-state index >= 15 is 0 Å². The smallest absolute Gasteiger partial charge is 0.186 e. The van der Waals surface area contributed by atoms with Gasteiger partial charge in [0.05, 0.1) is 0 Å². The molecule has 0 aliphatic rings. The van der Waals surface area contributed by atoms with Crippen molar-refractivity contribution in [1.82, 2.24) is 14.5 Å². The van der Waals surface area contributed by atoms with Crippen LogP contribution in [0, 0.1) is 0 Å². The lowest BCUT2D eigenvalue weighted by Crippen LogP contribution is -1.97. The van der Waals surface area contributed by atoms with Gasteiger partial charge in [-0.05, 0) is 36.4 Å². The molecule has 0 unspecified atom stereocenters. The maximum Gasteiger partial charge on any atom is 0.186 e. The fourth-order valence-electron chi connectivity index (χ4n) is 2.01. The molecule has 0 amide bonds. The largest absolute Gasteiger partial charge is 0.300 e. The van der Waals surface area contributed by atoms with E-state index in [4.69, 9.17) is 0 Å². The van der Waals surface area contributed by atoms with Gasteiger partial charge >= 0.3 is 0 Å². The number of rotatable bonds is 4. The van der Waals surface area contributed by atoms with Crippen molar-refractivity contribution < 1.29 is 4.79 Å². The Balaban J connectivity index is 1.85. The molecule has 0 spiro atoms. The number of benzene rings is 1. The molecule has 2 heterocycles. The predicted molar refractivity (Wildman–Crippen MR) is 81.2 cm³/mol. The van der Waals surface area contributed by atoms with Crippen molar-refractivity contribution in [2.45, 2.75) is 0 Å². The van der Waals surface area contributed by atoms with Crippen LogP contribution in [0.15, 0.2) is 73.3 Å². The average molecular weight is 275 g/mol. The maximum atomic E-state index is 12.0. The number of para-hydroxylation sites is 1. The molecule has 0 fully saturated rings. The summed E-state index contributed by atoms with van der Waals surface area (Å²) >= 11 is 0. The van der Waals surface area contributed by atoms with E-state index in [1.165, 1.54) is 6.08 Å². The Kier molecular flexibility index (Phi) is 3.69. The zero-order valence-electron chi connectivity index (χ0n) is 11.3. The second-order valence-corrected chi connectivity index (χ2v) is 4.42. The minimum atomic E-state index is -0.0694. The molecule has 0 saturated carbocycles. The molecule has 0 radical (unpaired) electrons. The van der Waals surface area contributed by atoms with E-state index in [1.54, 1.807) is 36.8 Å². The number of hydrogen-bond acceptors (Lipinski definition) is 3. The first kappa shape index (κ1) is 13.0. The van der Waals surface area contributed by atoms with Crippen LogP contribution in [0.2, 0.25) is 0 Å². The summed E-state index contributed by atoms with van der Waals surface area (Å²) in [5.41, 5.74) is 1.62. The number of nitrogens with zero attached hydrogens (tertiary/aromatic N) is 3. The van der Waals surface area contributed by atoms with Crippen LogP contribution in [0.3, 0.4) is 0 Å². The number of aromatic nitrogens is 3. The lowest BCUT2D eigenvalue weighted by Gasteiger charge is -2.04. The van der Waals surface area contributed by atoms with E-state index in [2.05, 4.69) is 9.97 Å². The number of ketones is 1. The van der Waals surface area contributed by atoms with Crippen molar-refractivity contribution in [3.63, 3.8) is 0 Å². The lowest BCUT2D eigenvalue weighted by molar-refractivity contribution is 0.104. The van der Waals surface area contributed by atoms with E-state index in [9.17, 15) is 4.79 Å². The molecule has 3 rings (SSSR count). The van der Waals surface area contributed by atoms with Gasteiger partial charge in [-0.2, -0.15) is 0 Å². The Morgan fingerprint density at radius 2 is 1.76 bits per heavy atom. The Morgan fingerprint density at radius 1 is 1.00 bits per heavy atom. The molecule has 0 atom stereocenters. The van der Waals surface area contributed by atoms with Gasteiger partial charge in [0.1, 0.15) is 5.82 Å². The summed E-state index contributed by atoms with van der Waals surface area (Å²) in [7, 11) is 0. The van der Waals surface area contributed by atoms with E-state index < -0.39 is 0 Å². The van der Waals surface area contributed by atoms with Crippen molar-refractivity contribution >= 4 is 11.9 Å². The minimum Gasteiger partial charge on any atom is -0.300 e. The summed E-state index contributed by atoms with van der Waals surface area (Å²) in [6.07, 6.45) is 10.0. The Bertz CT molecular complexity index is 761. The van der Waals surface area contributed by atoms with Crippen LogP contribution in [0.4, 0.5) is 0 Å². The van der Waals surface area contributed by atoms with E-state index in [0.717, 1.165) is 5.69 Å². The molecule has 0 aliphatic heterocycles. The first-order chi connectivity index (χ1) is 10.3. The molecule has 0 N–H and O–H groups in total. The number of imidazole rings is 1. The number of allylic oxidation sites excluding steroid dienone is 1. The Hall–Kier alpha value is -3.01. The van der Waals surface area contributed by atoms with Gasteiger partial charge in [-0.1, -0.05) is 18.2 Å². The standard InChI is InChI=1S/C17H13N3O/c21-16(14-8-10-18-11-9-14)6-7-17-19-12-13-20(17)15-4-2-1-3-5-15/h1-13H/b7-6+. The lowest BCUT2D eigenvalue weighted by atomic mass is 10.1. The molecular formula is C17H13N3O. The fourth-order valence-corrected chi connectivity index (χ4v) is 2.01. The quantitative estimate of drug-likeness (QED) is 0.543. The molecule has 0 aliphatic carbocycles. The van der Waals surface area contributed by atoms with Crippen molar-refractivity contribution in [1.29, 1.82) is 0 Å². The zero-order valence-corrected chi connectivity index (χ0v) is 11.3. The van der Waals surface area contributed by atoms with Crippen LogP contribution < -0.4 is 0 Å². The maximum absolute atomic E-state index is 12.0. The third kappa shape index (κ3) is 2.95. The monoisotopic (exact) mass is 275 g/mol. The van der Waals surface area contributed by atoms with Gasteiger partial charge < -0.3 is 4.57 Å². The second kappa shape index (κ2) is 5.96. The van der Waals surface area contributed by atoms with Crippen molar-refractivity contribution in [2.24, 2.45) is 0 Å². The van der Waals surface area contributed by atoms with Gasteiger partial charge in [-0.3, -0.25) is 9.78 Å². The highest BCUT2D eigenvalue weighted by molar-refractivity contribution is 6.06. The number of carbonyl (C=O) groups excluding carboxylic acids is 1. The van der Waals surface area contributed by atoms with Crippen molar-refractivity contribution in [2.75, 3.05) is 0 Å². The highest BCUT2D eigenvalue weighted by Gasteiger charge is 2.03. The van der Waals surface area contributed by atoms with Crippen molar-refractivity contribution in [3.8, 4) is 5.69 Å². The van der Waals surface area contributed by atoms with Crippen LogP contribution in [-0.2, 0) is 0 Å². The zero-order chi connectivity index (χ0) is 14.5. The van der Waals surface area contributed by atoms with Crippen LogP contribution in [-0.4, -0.2) is 20.3 Å². The summed E-state index contributed by atoms with van der Waals surface area (Å²) in [6, 6.07) is 13.2. The van der Waals surface area contributed by atoms with Crippen molar-refractivity contribution in [3.05, 3.63) is 84.7 Å². The van der Waals surface area contributed by atoms with Crippen LogP contribution >= 0.6 is 0 Å². The average Bonchev–Trinajstić information content (AvgIpc) is 3.03. The SMILES string of the molecule is O=C(/C=C/c1nccn1-c1ccccc1)c1ccncc1. The minimum absolute atomic E-state index is 0.0694. The predicted octanol–water partition coefficient (Wildman–Crippen LogP) is 3.16. The molecule has 21 heavy (non-hydrogen) atoms. The van der Waals surface area contributed by atoms with Crippen LogP contribution in [0.1, 0.15) is 16.2 Å². The van der Waals surface area contributed by atoms with Gasteiger partial charge in [0, 0.05) is 36.0 Å². The summed E-state index contributed by atoms with van der Waals surface area (Å²) < 4.78 is 1.93. The van der Waals surface area contributed by atoms with Gasteiger partial charge in [0.2, 0.25) is 0 Å². The summed E-state index contributed by atoms with van der Waals surface area (Å²) in [5.74, 6) is 0.642. The molecule has 0 saturated heterocycles. The second-order valence-electron chi connectivity index (χ2n) is 4.42. The van der Waals surface area contributed by atoms with Gasteiger partial charge in [-0.25, -0.2) is 4.98 Å². The summed E-state index contributed by atoms with van der Waals surface area (Å²) in [5, 5.41) is 0. The van der Waals surface area contributed by atoms with E-state index in [1.807, 2.05) is 41.1 Å². The van der Waals surface area contributed by atoms with E-state index in [0.29, 0.717) is 11.4 Å². The molecule has 4 heteroatoms. The van der Waals surface area contributed by atoms with Crippen LogP contribution in [0.25, 0.3) is 11.8 Å². The first-order valence-corrected chi connectivity index (χ1v) is 6.56. The highest BCUT2D eigenvalue weighted by Crippen LogP contribution is 2.11. The van der Waals surface area contributed by atoms with E-state index in [-0.39, 0.29) is 5.78 Å². The topological polar surface area (TPSA) is 47.8 Å². The van der Waals surface area contributed by atoms with Gasteiger partial charge in [-0.15, -0.1) is 0 Å². The molecule has 0 bridgehead atoms. The Labute approximate surface area is 122 Å². The molecule has 3 aromatic rings. The third-order valence-electron chi connectivity index (χ3n) is 3.05. The summed E-state index contributed by atoms with van der Waals surface area (Å²) in [6.45, 7) is 0. The van der Waals surface area contributed by atoms with Crippen LogP contribution in [0.5, 0.6) is 0 Å². The highest BCUT2D eigenvalue weighted by atomic mass is 16.1. The molecule has 2 aromatic heterocycles.